The maximum Gasteiger partial charge on any atom is 0.418 e. The topological polar surface area (TPSA) is 168 Å². The number of rotatable bonds is 8. The fourth-order valence-corrected chi connectivity index (χ4v) is 2.90. The Balaban J connectivity index is 1.63. The Kier molecular flexibility index (Phi) is 7.53. The highest BCUT2D eigenvalue weighted by atomic mass is 35.5. The molecule has 0 atom stereocenters. The van der Waals surface area contributed by atoms with Gasteiger partial charge in [0.2, 0.25) is 5.76 Å². The lowest BCUT2D eigenvalue weighted by atomic mass is 10.1. The summed E-state index contributed by atoms with van der Waals surface area (Å²) >= 11 is 6.10. The van der Waals surface area contributed by atoms with E-state index < -0.39 is 29.2 Å². The molecule has 0 aliphatic carbocycles. The molecule has 15 heteroatoms. The van der Waals surface area contributed by atoms with Crippen molar-refractivity contribution >= 4 is 40.6 Å². The van der Waals surface area contributed by atoms with Gasteiger partial charge in [-0.05, 0) is 18.2 Å². The van der Waals surface area contributed by atoms with Gasteiger partial charge in [-0.15, -0.1) is 0 Å². The Morgan fingerprint density at radius 3 is 2.65 bits per heavy atom. The van der Waals surface area contributed by atoms with Gasteiger partial charge in [-0.3, -0.25) is 9.59 Å². The van der Waals surface area contributed by atoms with Crippen LogP contribution in [-0.2, 0) is 12.7 Å². The number of hydrogen-bond donors (Lipinski definition) is 5. The Morgan fingerprint density at radius 1 is 1.18 bits per heavy atom. The zero-order valence-corrected chi connectivity index (χ0v) is 17.9. The van der Waals surface area contributed by atoms with Crippen LogP contribution in [0.5, 0.6) is 0 Å². The number of carbonyl (C=O) groups is 2. The zero-order chi connectivity index (χ0) is 24.9. The molecule has 0 saturated heterocycles. The van der Waals surface area contributed by atoms with Crippen LogP contribution in [0.3, 0.4) is 0 Å². The SMILES string of the molecule is Nc1ccc(NC(=O)c2cc(CNC(=O)c3ncnc(NCCO)c3Cl)no2)cc1C(F)(F)F. The molecule has 3 aromatic rings. The van der Waals surface area contributed by atoms with E-state index in [9.17, 15) is 22.8 Å². The number of aliphatic hydroxyl groups excluding tert-OH is 1. The number of amides is 2. The number of nitrogen functional groups attached to an aromatic ring is 1. The predicted octanol–water partition coefficient (Wildman–Crippen LogP) is 2.31. The molecule has 3 rings (SSSR count). The number of nitrogens with zero attached hydrogens (tertiary/aromatic N) is 3. The lowest BCUT2D eigenvalue weighted by molar-refractivity contribution is -0.136. The molecule has 0 aliphatic rings. The van der Waals surface area contributed by atoms with Crippen LogP contribution in [0.2, 0.25) is 5.02 Å². The summed E-state index contributed by atoms with van der Waals surface area (Å²) in [4.78, 5) is 32.4. The zero-order valence-electron chi connectivity index (χ0n) is 17.1. The van der Waals surface area contributed by atoms with Crippen LogP contribution in [0.15, 0.2) is 35.1 Å². The second kappa shape index (κ2) is 10.4. The number of anilines is 3. The average molecular weight is 500 g/mol. The van der Waals surface area contributed by atoms with E-state index in [1.54, 1.807) is 0 Å². The van der Waals surface area contributed by atoms with Gasteiger partial charge in [0.15, 0.2) is 5.69 Å². The summed E-state index contributed by atoms with van der Waals surface area (Å²) in [5, 5.41) is 19.9. The van der Waals surface area contributed by atoms with Gasteiger partial charge in [-0.1, -0.05) is 16.8 Å². The third kappa shape index (κ3) is 5.90. The van der Waals surface area contributed by atoms with Crippen LogP contribution >= 0.6 is 11.6 Å². The highest BCUT2D eigenvalue weighted by molar-refractivity contribution is 6.35. The van der Waals surface area contributed by atoms with E-state index in [-0.39, 0.29) is 53.4 Å². The summed E-state index contributed by atoms with van der Waals surface area (Å²) in [5.41, 5.74) is 3.62. The molecule has 11 nitrogen and oxygen atoms in total. The first kappa shape index (κ1) is 24.7. The summed E-state index contributed by atoms with van der Waals surface area (Å²) < 4.78 is 43.8. The third-order valence-electron chi connectivity index (χ3n) is 4.24. The largest absolute Gasteiger partial charge is 0.418 e. The van der Waals surface area contributed by atoms with Crippen LogP contribution < -0.4 is 21.7 Å². The first-order valence-corrected chi connectivity index (χ1v) is 9.85. The molecule has 2 aromatic heterocycles. The normalized spacial score (nSPS) is 11.2. The van der Waals surface area contributed by atoms with Gasteiger partial charge >= 0.3 is 6.18 Å². The summed E-state index contributed by atoms with van der Waals surface area (Å²) in [7, 11) is 0. The van der Waals surface area contributed by atoms with Crippen molar-refractivity contribution in [3.63, 3.8) is 0 Å². The molecule has 2 heterocycles. The molecule has 0 unspecified atom stereocenters. The standard InChI is InChI=1S/C19H17ClF3N7O4/c20-14-15(27-8-28-16(14)25-3-4-31)18(33)26-7-10-6-13(34-30-10)17(32)29-9-1-2-12(24)11(5-9)19(21,22)23/h1-2,5-6,8,31H,3-4,7,24H2,(H,26,33)(H,29,32)(H,25,27,28). The van der Waals surface area contributed by atoms with E-state index in [0.29, 0.717) is 6.07 Å². The van der Waals surface area contributed by atoms with Crippen molar-refractivity contribution in [2.45, 2.75) is 12.7 Å². The van der Waals surface area contributed by atoms with Gasteiger partial charge in [0.1, 0.15) is 22.9 Å². The summed E-state index contributed by atoms with van der Waals surface area (Å²) in [5.74, 6) is -1.67. The molecule has 0 saturated carbocycles. The fraction of sp³-hybridized carbons (Fsp3) is 0.211. The van der Waals surface area contributed by atoms with Gasteiger partial charge in [-0.25, -0.2) is 9.97 Å². The average Bonchev–Trinajstić information content (AvgIpc) is 3.26. The van der Waals surface area contributed by atoms with E-state index in [2.05, 4.69) is 31.1 Å². The van der Waals surface area contributed by atoms with Crippen molar-refractivity contribution in [3.8, 4) is 0 Å². The highest BCUT2D eigenvalue weighted by Crippen LogP contribution is 2.35. The number of halogens is 4. The lowest BCUT2D eigenvalue weighted by Crippen LogP contribution is -2.25. The molecule has 2 amide bonds. The molecule has 0 radical (unpaired) electrons. The van der Waals surface area contributed by atoms with Crippen LogP contribution in [0.4, 0.5) is 30.4 Å². The summed E-state index contributed by atoms with van der Waals surface area (Å²) in [6, 6.07) is 4.12. The molecule has 1 aromatic carbocycles. The number of nitrogens with two attached hydrogens (primary N) is 1. The van der Waals surface area contributed by atoms with Crippen LogP contribution in [-0.4, -0.2) is 45.2 Å². The van der Waals surface area contributed by atoms with Crippen molar-refractivity contribution < 1.29 is 32.4 Å². The first-order valence-electron chi connectivity index (χ1n) is 9.47. The van der Waals surface area contributed by atoms with E-state index in [1.807, 2.05) is 0 Å². The first-order chi connectivity index (χ1) is 16.1. The van der Waals surface area contributed by atoms with Gasteiger partial charge < -0.3 is 31.3 Å². The van der Waals surface area contributed by atoms with Crippen LogP contribution in [0, 0.1) is 0 Å². The number of carbonyl (C=O) groups excluding carboxylic acids is 2. The quantitative estimate of drug-likeness (QED) is 0.292. The molecular formula is C19H17ClF3N7O4. The van der Waals surface area contributed by atoms with Crippen LogP contribution in [0.1, 0.15) is 32.3 Å². The van der Waals surface area contributed by atoms with Crippen molar-refractivity contribution in [3.05, 3.63) is 58.3 Å². The minimum Gasteiger partial charge on any atom is -0.398 e. The van der Waals surface area contributed by atoms with Gasteiger partial charge in [-0.2, -0.15) is 13.2 Å². The monoisotopic (exact) mass is 499 g/mol. The Labute approximate surface area is 194 Å². The highest BCUT2D eigenvalue weighted by Gasteiger charge is 2.33. The molecule has 6 N–H and O–H groups in total. The Hall–Kier alpha value is -3.91. The Morgan fingerprint density at radius 2 is 1.94 bits per heavy atom. The van der Waals surface area contributed by atoms with E-state index >= 15 is 0 Å². The van der Waals surface area contributed by atoms with Crippen molar-refractivity contribution in [2.24, 2.45) is 0 Å². The van der Waals surface area contributed by atoms with Crippen molar-refractivity contribution in [2.75, 3.05) is 29.5 Å². The van der Waals surface area contributed by atoms with E-state index in [0.717, 1.165) is 12.4 Å². The summed E-state index contributed by atoms with van der Waals surface area (Å²) in [6.07, 6.45) is -3.58. The molecule has 180 valence electrons. The molecule has 0 spiro atoms. The lowest BCUT2D eigenvalue weighted by Gasteiger charge is -2.11. The second-order valence-corrected chi connectivity index (χ2v) is 7.03. The number of aliphatic hydroxyl groups is 1. The van der Waals surface area contributed by atoms with Crippen LogP contribution in [0.25, 0.3) is 0 Å². The molecule has 0 aliphatic heterocycles. The van der Waals surface area contributed by atoms with E-state index in [4.69, 9.17) is 27.0 Å². The number of benzene rings is 1. The van der Waals surface area contributed by atoms with E-state index in [1.165, 1.54) is 12.1 Å². The second-order valence-electron chi connectivity index (χ2n) is 6.65. The number of nitrogens with one attached hydrogen (secondary N) is 3. The number of alkyl halides is 3. The van der Waals surface area contributed by atoms with Crippen molar-refractivity contribution in [1.82, 2.24) is 20.4 Å². The minimum atomic E-state index is -4.69. The fourth-order valence-electron chi connectivity index (χ4n) is 2.65. The minimum absolute atomic E-state index is 0.0598. The molecule has 34 heavy (non-hydrogen) atoms. The number of aromatic nitrogens is 3. The molecule has 0 fully saturated rings. The third-order valence-corrected chi connectivity index (χ3v) is 4.60. The van der Waals surface area contributed by atoms with Gasteiger partial charge in [0.25, 0.3) is 11.8 Å². The predicted molar refractivity (Wildman–Crippen MR) is 114 cm³/mol. The smallest absolute Gasteiger partial charge is 0.398 e. The summed E-state index contributed by atoms with van der Waals surface area (Å²) in [6.45, 7) is -0.184. The maximum absolute atomic E-state index is 13.0. The maximum atomic E-state index is 13.0. The molecule has 0 bridgehead atoms. The number of hydrogen-bond acceptors (Lipinski definition) is 9. The van der Waals surface area contributed by atoms with Gasteiger partial charge in [0.05, 0.1) is 18.7 Å². The van der Waals surface area contributed by atoms with Gasteiger partial charge in [0, 0.05) is 24.0 Å². The molecular weight excluding hydrogens is 483 g/mol. The Bertz CT molecular complexity index is 1200. The van der Waals surface area contributed by atoms with Crippen molar-refractivity contribution in [1.29, 1.82) is 0 Å².